The second-order valence-corrected chi connectivity index (χ2v) is 93.0. The standard InChI is InChI=1S/C16H48Si8/c1-19(2,3)17(20(4,5)6)23(13,14)24(15,16)18(21(7,8)9)22(10,11)12/h1-16H3/q-2. The Morgan fingerprint density at radius 1 is 0.292 bits per heavy atom. The maximum Gasteiger partial charge on any atom is -0.0979 e. The first-order chi connectivity index (χ1) is 9.98. The normalized spacial score (nSPS) is 16.2. The summed E-state index contributed by atoms with van der Waals surface area (Å²) in [6.07, 6.45) is 0. The fourth-order valence-corrected chi connectivity index (χ4v) is 273. The highest BCUT2D eigenvalue weighted by atomic mass is 30.2. The molecule has 0 aliphatic rings. The van der Waals surface area contributed by atoms with Crippen molar-refractivity contribution in [3.05, 3.63) is 0 Å². The number of hydrogen-bond acceptors (Lipinski definition) is 0. The zero-order valence-corrected chi connectivity index (χ0v) is 28.0. The summed E-state index contributed by atoms with van der Waals surface area (Å²) in [7, 11) is -6.61. The molecule has 0 fully saturated rings. The van der Waals surface area contributed by atoms with Crippen LogP contribution in [0.5, 0.6) is 0 Å². The first kappa shape index (κ1) is 25.7. The van der Waals surface area contributed by atoms with Crippen LogP contribution in [0, 0.1) is 0 Å². The number of rotatable bonds is 7. The summed E-state index contributed by atoms with van der Waals surface area (Å²) in [5.74, 6) is 0. The van der Waals surface area contributed by atoms with Gasteiger partial charge in [0.15, 0.2) is 0 Å². The molecule has 0 spiro atoms. The smallest absolute Gasteiger partial charge is 0.0979 e. The van der Waals surface area contributed by atoms with E-state index in [1.807, 2.05) is 0 Å². The van der Waals surface area contributed by atoms with Gasteiger partial charge in [-0.15, -0.1) is 70.8 Å². The van der Waals surface area contributed by atoms with Crippen LogP contribution >= 0.6 is 0 Å². The van der Waals surface area contributed by atoms with E-state index in [1.54, 1.807) is 0 Å². The third kappa shape index (κ3) is 5.62. The summed E-state index contributed by atoms with van der Waals surface area (Å²) in [4.78, 5) is 0. The lowest BCUT2D eigenvalue weighted by molar-refractivity contribution is 1.77. The second-order valence-electron chi connectivity index (χ2n) is 13.0. The van der Waals surface area contributed by atoms with Crippen LogP contribution in [-0.4, -0.2) is 59.3 Å². The van der Waals surface area contributed by atoms with Gasteiger partial charge in [-0.2, -0.15) is 0 Å². The summed E-state index contributed by atoms with van der Waals surface area (Å²) >= 11 is 0. The van der Waals surface area contributed by atoms with Crippen LogP contribution in [0.2, 0.25) is 105 Å². The molecule has 0 aromatic rings. The first-order valence-electron chi connectivity index (χ1n) is 9.75. The first-order valence-corrected chi connectivity index (χ1v) is 39.8. The van der Waals surface area contributed by atoms with Crippen molar-refractivity contribution in [3.8, 4) is 0 Å². The predicted molar refractivity (Wildman–Crippen MR) is 140 cm³/mol. The van der Waals surface area contributed by atoms with Gasteiger partial charge >= 0.3 is 0 Å². The molecule has 0 N–H and O–H groups in total. The fourth-order valence-electron chi connectivity index (χ4n) is 6.62. The van der Waals surface area contributed by atoms with Gasteiger partial charge in [0.2, 0.25) is 0 Å². The van der Waals surface area contributed by atoms with E-state index in [0.717, 1.165) is 0 Å². The van der Waals surface area contributed by atoms with Gasteiger partial charge in [0.25, 0.3) is 0 Å². The third-order valence-electron chi connectivity index (χ3n) is 5.81. The van der Waals surface area contributed by atoms with Crippen LogP contribution < -0.4 is 0 Å². The molecule has 0 nitrogen and oxygen atoms in total. The zero-order valence-electron chi connectivity index (χ0n) is 20.0. The van der Waals surface area contributed by atoms with Gasteiger partial charge in [-0.1, -0.05) is 78.6 Å². The van der Waals surface area contributed by atoms with E-state index in [-0.39, 0.29) is 14.7 Å². The van der Waals surface area contributed by atoms with Crippen molar-refractivity contribution in [2.45, 2.75) is 105 Å². The Kier molecular flexibility index (Phi) is 7.81. The minimum absolute atomic E-state index is 0.124. The van der Waals surface area contributed by atoms with Crippen LogP contribution in [0.15, 0.2) is 0 Å². The van der Waals surface area contributed by atoms with Crippen molar-refractivity contribution in [3.63, 3.8) is 0 Å². The molecule has 8 heteroatoms. The molecule has 0 aliphatic heterocycles. The van der Waals surface area contributed by atoms with Gasteiger partial charge in [-0.25, -0.2) is 0 Å². The topological polar surface area (TPSA) is 0 Å². The Labute approximate surface area is 163 Å². The van der Waals surface area contributed by atoms with Crippen LogP contribution in [0.3, 0.4) is 0 Å². The Hall–Kier alpha value is 1.74. The van der Waals surface area contributed by atoms with Crippen molar-refractivity contribution in [2.75, 3.05) is 0 Å². The Bertz CT molecular complexity index is 359. The van der Waals surface area contributed by atoms with Gasteiger partial charge < -0.3 is 0 Å². The highest BCUT2D eigenvalue weighted by Crippen LogP contribution is 2.37. The molecule has 0 radical (unpaired) electrons. The molecule has 146 valence electrons. The van der Waals surface area contributed by atoms with E-state index >= 15 is 0 Å². The fraction of sp³-hybridized carbons (Fsp3) is 1.00. The maximum absolute atomic E-state index is 2.93. The third-order valence-corrected chi connectivity index (χ3v) is 156. The summed E-state index contributed by atoms with van der Waals surface area (Å²) in [5.41, 5.74) is 0. The molecule has 0 saturated heterocycles. The molecule has 0 aromatic carbocycles. The van der Waals surface area contributed by atoms with Crippen molar-refractivity contribution in [1.29, 1.82) is 0 Å². The summed E-state index contributed by atoms with van der Waals surface area (Å²) in [6, 6.07) is 0. The molecule has 24 heavy (non-hydrogen) atoms. The van der Waals surface area contributed by atoms with E-state index in [4.69, 9.17) is 0 Å². The maximum atomic E-state index is 2.93. The van der Waals surface area contributed by atoms with Crippen LogP contribution in [0.25, 0.3) is 0 Å². The lowest BCUT2D eigenvalue weighted by Crippen LogP contribution is -2.87. The van der Waals surface area contributed by atoms with Gasteiger partial charge in [0.05, 0.1) is 0 Å². The van der Waals surface area contributed by atoms with Crippen LogP contribution in [0.1, 0.15) is 0 Å². The molecule has 0 aliphatic carbocycles. The predicted octanol–water partition coefficient (Wildman–Crippen LogP) is 6.29. The van der Waals surface area contributed by atoms with E-state index in [0.29, 0.717) is 0 Å². The quantitative estimate of drug-likeness (QED) is 0.388. The highest BCUT2D eigenvalue weighted by molar-refractivity contribution is 8.04. The van der Waals surface area contributed by atoms with E-state index in [2.05, 4.69) is 105 Å². The molecular weight excluding hydrogens is 417 g/mol. The molecule has 0 atom stereocenters. The minimum atomic E-state index is -1.13. The lowest BCUT2D eigenvalue weighted by Gasteiger charge is -2.75. The zero-order chi connectivity index (χ0) is 20.2. The molecule has 0 unspecified atom stereocenters. The van der Waals surface area contributed by atoms with Gasteiger partial charge in [0.1, 0.15) is 0 Å². The molecular formula is C16H48Si8-2. The average Bonchev–Trinajstić information content (AvgIpc) is 2.02. The van der Waals surface area contributed by atoms with E-state index in [9.17, 15) is 0 Å². The average molecular weight is 465 g/mol. The minimum Gasteiger partial charge on any atom is -0.256 e. The summed E-state index contributed by atoms with van der Waals surface area (Å²) < 4.78 is 0. The van der Waals surface area contributed by atoms with Crippen LogP contribution in [0.4, 0.5) is 0 Å². The molecule has 0 aromatic heterocycles. The second kappa shape index (κ2) is 7.29. The molecule has 0 amide bonds. The number of hydrogen-bond donors (Lipinski definition) is 0. The van der Waals surface area contributed by atoms with Crippen molar-refractivity contribution in [2.24, 2.45) is 0 Å². The molecule has 0 saturated carbocycles. The lowest BCUT2D eigenvalue weighted by atomic mass is 11.8. The Morgan fingerprint density at radius 2 is 0.417 bits per heavy atom. The summed E-state index contributed by atoms with van der Waals surface area (Å²) in [6.45, 7) is 44.6. The van der Waals surface area contributed by atoms with Crippen LogP contribution in [-0.2, 0) is 0 Å². The molecule has 0 rings (SSSR count). The monoisotopic (exact) mass is 464 g/mol. The Balaban J connectivity index is 6.50. The van der Waals surface area contributed by atoms with Gasteiger partial charge in [-0.3, -0.25) is 14.7 Å². The molecule has 0 bridgehead atoms. The van der Waals surface area contributed by atoms with Crippen molar-refractivity contribution < 1.29 is 0 Å². The SMILES string of the molecule is C[Si](C)(C)[Si-]([Si](C)(C)C)[Si](C)(C)[Si](C)(C)[Si-]([Si](C)(C)C)[Si](C)(C)C. The van der Waals surface area contributed by atoms with E-state index < -0.39 is 44.6 Å². The molecule has 0 heterocycles. The Morgan fingerprint density at radius 3 is 0.500 bits per heavy atom. The van der Waals surface area contributed by atoms with Gasteiger partial charge in [-0.05, 0) is 0 Å². The van der Waals surface area contributed by atoms with Crippen molar-refractivity contribution >= 4 is 59.3 Å². The summed E-state index contributed by atoms with van der Waals surface area (Å²) in [5, 5.41) is 0. The van der Waals surface area contributed by atoms with E-state index in [1.165, 1.54) is 0 Å². The highest BCUT2D eigenvalue weighted by Gasteiger charge is 2.46. The largest absolute Gasteiger partial charge is 0.256 e. The van der Waals surface area contributed by atoms with Crippen molar-refractivity contribution in [1.82, 2.24) is 0 Å². The van der Waals surface area contributed by atoms with Gasteiger partial charge in [0, 0.05) is 0 Å².